The van der Waals surface area contributed by atoms with Crippen LogP contribution in [-0.4, -0.2) is 22.9 Å². The van der Waals surface area contributed by atoms with Crippen LogP contribution in [0.3, 0.4) is 0 Å². The van der Waals surface area contributed by atoms with Crippen LogP contribution in [0.15, 0.2) is 41.0 Å². The summed E-state index contributed by atoms with van der Waals surface area (Å²) in [6, 6.07) is 10.4. The van der Waals surface area contributed by atoms with Crippen LogP contribution in [0.25, 0.3) is 0 Å². The highest BCUT2D eigenvalue weighted by molar-refractivity contribution is 9.10. The summed E-state index contributed by atoms with van der Waals surface area (Å²) in [4.78, 5) is 23.6. The van der Waals surface area contributed by atoms with Crippen molar-refractivity contribution in [1.82, 2.24) is 15.4 Å². The van der Waals surface area contributed by atoms with Crippen LogP contribution >= 0.6 is 15.9 Å². The molecule has 0 saturated heterocycles. The summed E-state index contributed by atoms with van der Waals surface area (Å²) in [5, 5.41) is 11.6. The van der Waals surface area contributed by atoms with E-state index in [-0.39, 0.29) is 6.54 Å². The lowest BCUT2D eigenvalue weighted by Gasteiger charge is -2.09. The smallest absolute Gasteiger partial charge is 0.286 e. The lowest BCUT2D eigenvalue weighted by Crippen LogP contribution is -2.44. The Balaban J connectivity index is 1.79. The van der Waals surface area contributed by atoms with Gasteiger partial charge >= 0.3 is 0 Å². The van der Waals surface area contributed by atoms with Crippen LogP contribution in [0, 0.1) is 11.3 Å². The average Bonchev–Trinajstić information content (AvgIpc) is 2.89. The molecule has 0 aliphatic rings. The second-order valence-corrected chi connectivity index (χ2v) is 5.62. The Hall–Kier alpha value is -2.79. The molecule has 1 heterocycles. The first-order chi connectivity index (χ1) is 11.0. The molecule has 2 aromatic rings. The lowest BCUT2D eigenvalue weighted by molar-refractivity contribution is -0.120. The fourth-order valence-electron chi connectivity index (χ4n) is 1.83. The number of rotatable bonds is 4. The van der Waals surface area contributed by atoms with E-state index in [2.05, 4.69) is 32.1 Å². The van der Waals surface area contributed by atoms with Crippen LogP contribution in [0.1, 0.15) is 16.1 Å². The van der Waals surface area contributed by atoms with Gasteiger partial charge in [0, 0.05) is 23.4 Å². The first-order valence-electron chi connectivity index (χ1n) is 6.64. The van der Waals surface area contributed by atoms with E-state index in [0.717, 1.165) is 4.47 Å². The Morgan fingerprint density at radius 2 is 1.96 bits per heavy atom. The van der Waals surface area contributed by atoms with Gasteiger partial charge in [-0.05, 0) is 46.3 Å². The number of nitriles is 1. The number of hydrogen-bond donors (Lipinski definition) is 3. The molecule has 23 heavy (non-hydrogen) atoms. The highest BCUT2D eigenvalue weighted by Gasteiger charge is 2.11. The Bertz CT molecular complexity index is 761. The number of aryl methyl sites for hydroxylation is 1. The van der Waals surface area contributed by atoms with E-state index >= 15 is 0 Å². The first kappa shape index (κ1) is 16.6. The van der Waals surface area contributed by atoms with Crippen LogP contribution < -0.4 is 16.2 Å². The zero-order chi connectivity index (χ0) is 16.8. The number of nitrogens with one attached hydrogen (secondary N) is 3. The second-order valence-electron chi connectivity index (χ2n) is 4.70. The average molecular weight is 376 g/mol. The molecule has 7 nitrogen and oxygen atoms in total. The molecule has 0 saturated carbocycles. The summed E-state index contributed by atoms with van der Waals surface area (Å²) in [7, 11) is 1.73. The van der Waals surface area contributed by atoms with Crippen molar-refractivity contribution in [2.24, 2.45) is 7.05 Å². The number of amides is 2. The highest BCUT2D eigenvalue weighted by atomic mass is 79.9. The molecule has 118 valence electrons. The Labute approximate surface area is 141 Å². The van der Waals surface area contributed by atoms with Crippen molar-refractivity contribution >= 4 is 33.4 Å². The zero-order valence-corrected chi connectivity index (χ0v) is 13.8. The van der Waals surface area contributed by atoms with E-state index in [1.807, 2.05) is 6.07 Å². The molecule has 0 fully saturated rings. The maximum atomic E-state index is 11.9. The second kappa shape index (κ2) is 7.47. The van der Waals surface area contributed by atoms with Crippen molar-refractivity contribution in [3.63, 3.8) is 0 Å². The van der Waals surface area contributed by atoms with E-state index in [1.165, 1.54) is 0 Å². The molecule has 2 rings (SSSR count). The van der Waals surface area contributed by atoms with Gasteiger partial charge in [0.15, 0.2) is 0 Å². The molecule has 1 aromatic heterocycles. The molecule has 1 aromatic carbocycles. The van der Waals surface area contributed by atoms with Crippen molar-refractivity contribution in [2.75, 3.05) is 11.9 Å². The van der Waals surface area contributed by atoms with Crippen molar-refractivity contribution in [2.45, 2.75) is 0 Å². The van der Waals surface area contributed by atoms with E-state index in [1.54, 1.807) is 48.1 Å². The van der Waals surface area contributed by atoms with Crippen molar-refractivity contribution in [3.8, 4) is 6.07 Å². The van der Waals surface area contributed by atoms with Gasteiger partial charge in [-0.1, -0.05) is 0 Å². The summed E-state index contributed by atoms with van der Waals surface area (Å²) in [6.07, 6.45) is 1.74. The predicted molar refractivity (Wildman–Crippen MR) is 88.4 cm³/mol. The summed E-state index contributed by atoms with van der Waals surface area (Å²) in [5.41, 5.74) is 6.33. The predicted octanol–water partition coefficient (Wildman–Crippen LogP) is 1.53. The molecular formula is C15H14BrN5O2. The monoisotopic (exact) mass is 375 g/mol. The van der Waals surface area contributed by atoms with Crippen LogP contribution in [0.2, 0.25) is 0 Å². The number of carbonyl (C=O) groups excluding carboxylic acids is 2. The third kappa shape index (κ3) is 4.59. The maximum absolute atomic E-state index is 11.9. The molecule has 0 spiro atoms. The van der Waals surface area contributed by atoms with Gasteiger partial charge in [-0.3, -0.25) is 20.4 Å². The molecule has 0 aliphatic heterocycles. The number of anilines is 1. The maximum Gasteiger partial charge on any atom is 0.286 e. The Kier molecular flexibility index (Phi) is 5.38. The molecular weight excluding hydrogens is 362 g/mol. The van der Waals surface area contributed by atoms with Crippen LogP contribution in [0.4, 0.5) is 5.69 Å². The minimum atomic E-state index is -0.412. The SMILES string of the molecule is Cn1cc(Br)cc1C(=O)NNC(=O)CNc1ccc(C#N)cc1. The van der Waals surface area contributed by atoms with Crippen LogP contribution in [0.5, 0.6) is 0 Å². The number of halogens is 1. The molecule has 0 radical (unpaired) electrons. The third-order valence-corrected chi connectivity index (χ3v) is 3.42. The first-order valence-corrected chi connectivity index (χ1v) is 7.44. The molecule has 0 bridgehead atoms. The minimum absolute atomic E-state index is 0.0109. The summed E-state index contributed by atoms with van der Waals surface area (Å²) < 4.78 is 2.42. The number of hydrazine groups is 1. The van der Waals surface area contributed by atoms with Gasteiger partial charge < -0.3 is 9.88 Å². The molecule has 0 unspecified atom stereocenters. The number of benzene rings is 1. The van der Waals surface area contributed by atoms with E-state index in [4.69, 9.17) is 5.26 Å². The fraction of sp³-hybridized carbons (Fsp3) is 0.133. The molecule has 8 heteroatoms. The Morgan fingerprint density at radius 1 is 1.26 bits per heavy atom. The largest absolute Gasteiger partial charge is 0.376 e. The van der Waals surface area contributed by atoms with Gasteiger partial charge in [-0.15, -0.1) is 0 Å². The van der Waals surface area contributed by atoms with Gasteiger partial charge in [-0.2, -0.15) is 5.26 Å². The standard InChI is InChI=1S/C15H14BrN5O2/c1-21-9-11(16)6-13(21)15(23)20-19-14(22)8-18-12-4-2-10(7-17)3-5-12/h2-6,9,18H,8H2,1H3,(H,19,22)(H,20,23). The number of hydrogen-bond acceptors (Lipinski definition) is 4. The molecule has 0 aliphatic carbocycles. The fourth-order valence-corrected chi connectivity index (χ4v) is 2.35. The van der Waals surface area contributed by atoms with Crippen molar-refractivity contribution in [3.05, 3.63) is 52.3 Å². The minimum Gasteiger partial charge on any atom is -0.376 e. The quantitative estimate of drug-likeness (QED) is 0.705. The van der Waals surface area contributed by atoms with Gasteiger partial charge in [0.1, 0.15) is 5.69 Å². The molecule has 0 atom stereocenters. The molecule has 3 N–H and O–H groups in total. The van der Waals surface area contributed by atoms with E-state index < -0.39 is 11.8 Å². The number of nitrogens with zero attached hydrogens (tertiary/aromatic N) is 2. The summed E-state index contributed by atoms with van der Waals surface area (Å²) in [6.45, 7) is -0.0109. The van der Waals surface area contributed by atoms with Gasteiger partial charge in [0.05, 0.1) is 18.2 Å². The summed E-state index contributed by atoms with van der Waals surface area (Å²) >= 11 is 3.27. The van der Waals surface area contributed by atoms with Gasteiger partial charge in [0.2, 0.25) is 0 Å². The van der Waals surface area contributed by atoms with Gasteiger partial charge in [0.25, 0.3) is 11.8 Å². The van der Waals surface area contributed by atoms with E-state index in [0.29, 0.717) is 16.9 Å². The van der Waals surface area contributed by atoms with Gasteiger partial charge in [-0.25, -0.2) is 0 Å². The third-order valence-electron chi connectivity index (χ3n) is 2.99. The number of carbonyl (C=O) groups is 2. The number of aromatic nitrogens is 1. The summed E-state index contributed by atoms with van der Waals surface area (Å²) in [5.74, 6) is -0.805. The van der Waals surface area contributed by atoms with Crippen LogP contribution in [-0.2, 0) is 11.8 Å². The lowest BCUT2D eigenvalue weighted by atomic mass is 10.2. The van der Waals surface area contributed by atoms with Crippen molar-refractivity contribution in [1.29, 1.82) is 5.26 Å². The molecule has 2 amide bonds. The highest BCUT2D eigenvalue weighted by Crippen LogP contribution is 2.13. The van der Waals surface area contributed by atoms with Crippen molar-refractivity contribution < 1.29 is 9.59 Å². The topological polar surface area (TPSA) is 98.9 Å². The normalized spacial score (nSPS) is 9.78. The zero-order valence-electron chi connectivity index (χ0n) is 12.3. The Morgan fingerprint density at radius 3 is 2.52 bits per heavy atom. The van der Waals surface area contributed by atoms with E-state index in [9.17, 15) is 9.59 Å².